The molecule has 1 saturated heterocycles. The maximum absolute atomic E-state index is 13.1. The molecule has 1 aliphatic heterocycles. The van der Waals surface area contributed by atoms with Gasteiger partial charge in [0.2, 0.25) is 5.91 Å². The summed E-state index contributed by atoms with van der Waals surface area (Å²) in [5.74, 6) is 0.0692. The first kappa shape index (κ1) is 20.4. The number of nitrogens with one attached hydrogen (secondary N) is 1. The van der Waals surface area contributed by atoms with Gasteiger partial charge in [0.05, 0.1) is 16.3 Å². The summed E-state index contributed by atoms with van der Waals surface area (Å²) < 4.78 is 24.2. The van der Waals surface area contributed by atoms with Crippen molar-refractivity contribution in [3.63, 3.8) is 0 Å². The molecule has 3 rings (SSSR count). The smallest absolute Gasteiger partial charge is 0.256 e. The van der Waals surface area contributed by atoms with Crippen molar-refractivity contribution in [1.82, 2.24) is 4.90 Å². The van der Waals surface area contributed by atoms with Crippen LogP contribution >= 0.6 is 11.8 Å². The highest BCUT2D eigenvalue weighted by atomic mass is 32.2. The fourth-order valence-electron chi connectivity index (χ4n) is 3.01. The summed E-state index contributed by atoms with van der Waals surface area (Å²) in [5, 5.41) is 2.84. The molecule has 0 aromatic heterocycles. The Morgan fingerprint density at radius 2 is 1.71 bits per heavy atom. The zero-order chi connectivity index (χ0) is 20.5. The summed E-state index contributed by atoms with van der Waals surface area (Å²) in [6, 6.07) is 11.4. The second-order valence-electron chi connectivity index (χ2n) is 6.92. The van der Waals surface area contributed by atoms with Crippen molar-refractivity contribution in [1.29, 1.82) is 0 Å². The lowest BCUT2D eigenvalue weighted by atomic mass is 10.1. The van der Waals surface area contributed by atoms with Gasteiger partial charge in [-0.1, -0.05) is 29.3 Å². The Kier molecular flexibility index (Phi) is 5.81. The summed E-state index contributed by atoms with van der Waals surface area (Å²) >= 11 is 1.47. The molecule has 0 aliphatic carbocycles. The van der Waals surface area contributed by atoms with Gasteiger partial charge in [-0.25, -0.2) is 8.42 Å². The average molecular weight is 419 g/mol. The molecule has 2 aromatic carbocycles. The van der Waals surface area contributed by atoms with E-state index in [-0.39, 0.29) is 16.4 Å². The van der Waals surface area contributed by atoms with E-state index in [1.54, 1.807) is 19.1 Å². The van der Waals surface area contributed by atoms with Gasteiger partial charge in [-0.3, -0.25) is 9.59 Å². The number of sulfone groups is 1. The van der Waals surface area contributed by atoms with Crippen LogP contribution in [0.4, 0.5) is 5.69 Å². The largest absolute Gasteiger partial charge is 0.324 e. The van der Waals surface area contributed by atoms with Crippen LogP contribution in [0.3, 0.4) is 0 Å². The molecule has 2 aromatic rings. The average Bonchev–Trinajstić information content (AvgIpc) is 3.11. The Labute approximate surface area is 169 Å². The van der Waals surface area contributed by atoms with E-state index < -0.39 is 21.8 Å². The molecule has 8 heteroatoms. The summed E-state index contributed by atoms with van der Waals surface area (Å²) in [6.45, 7) is 3.75. The van der Waals surface area contributed by atoms with Crippen molar-refractivity contribution < 1.29 is 18.0 Å². The first-order valence-corrected chi connectivity index (χ1v) is 11.8. The van der Waals surface area contributed by atoms with Crippen molar-refractivity contribution in [3.05, 3.63) is 59.2 Å². The van der Waals surface area contributed by atoms with Crippen LogP contribution in [0.15, 0.2) is 47.4 Å². The van der Waals surface area contributed by atoms with Crippen molar-refractivity contribution in [2.75, 3.05) is 23.2 Å². The van der Waals surface area contributed by atoms with E-state index in [1.165, 1.54) is 22.7 Å². The van der Waals surface area contributed by atoms with Crippen molar-refractivity contribution in [3.8, 4) is 0 Å². The molecule has 1 N–H and O–H groups in total. The number of aryl methyl sites for hydroxylation is 2. The number of nitrogens with zero attached hydrogens (tertiary/aromatic N) is 1. The third-order valence-corrected chi connectivity index (χ3v) is 6.70. The van der Waals surface area contributed by atoms with Crippen LogP contribution in [0.5, 0.6) is 0 Å². The molecule has 1 unspecified atom stereocenters. The van der Waals surface area contributed by atoms with E-state index in [2.05, 4.69) is 5.32 Å². The van der Waals surface area contributed by atoms with Gasteiger partial charge in [0.15, 0.2) is 9.84 Å². The Balaban J connectivity index is 1.87. The van der Waals surface area contributed by atoms with Gasteiger partial charge in [0.25, 0.3) is 5.91 Å². The van der Waals surface area contributed by atoms with Crippen LogP contribution in [0, 0.1) is 13.8 Å². The third kappa shape index (κ3) is 4.39. The molecule has 1 fully saturated rings. The van der Waals surface area contributed by atoms with Gasteiger partial charge >= 0.3 is 0 Å². The van der Waals surface area contributed by atoms with Gasteiger partial charge in [-0.15, -0.1) is 11.8 Å². The lowest BCUT2D eigenvalue weighted by Gasteiger charge is -2.24. The lowest BCUT2D eigenvalue weighted by molar-refractivity contribution is -0.119. The van der Waals surface area contributed by atoms with Crippen LogP contribution in [0.2, 0.25) is 0 Å². The molecule has 1 heterocycles. The normalized spacial score (nSPS) is 16.8. The minimum absolute atomic E-state index is 0.0160. The standard InChI is InChI=1S/C20H22N2O4S2/c1-13-4-7-15(8-5-13)21-19(23)17-11-27-12-22(17)20(24)16-10-14(2)6-9-18(16)28(3,25)26/h4-10,17H,11-12H2,1-3H3,(H,21,23). The third-order valence-electron chi connectivity index (χ3n) is 4.53. The molecular weight excluding hydrogens is 396 g/mol. The Bertz CT molecular complexity index is 1020. The Hall–Kier alpha value is -2.32. The molecule has 2 amide bonds. The molecule has 0 radical (unpaired) electrons. The monoisotopic (exact) mass is 418 g/mol. The van der Waals surface area contributed by atoms with Crippen molar-refractivity contribution in [2.24, 2.45) is 0 Å². The van der Waals surface area contributed by atoms with Crippen molar-refractivity contribution >= 4 is 39.1 Å². The van der Waals surface area contributed by atoms with E-state index in [9.17, 15) is 18.0 Å². The van der Waals surface area contributed by atoms with Crippen LogP contribution in [-0.2, 0) is 14.6 Å². The molecular formula is C20H22N2O4S2. The van der Waals surface area contributed by atoms with Gasteiger partial charge in [-0.2, -0.15) is 0 Å². The quantitative estimate of drug-likeness (QED) is 0.825. The number of hydrogen-bond acceptors (Lipinski definition) is 5. The maximum atomic E-state index is 13.1. The van der Waals surface area contributed by atoms with Gasteiger partial charge in [0, 0.05) is 17.7 Å². The molecule has 0 spiro atoms. The molecule has 6 nitrogen and oxygen atoms in total. The van der Waals surface area contributed by atoms with Crippen LogP contribution in [0.25, 0.3) is 0 Å². The fourth-order valence-corrected chi connectivity index (χ4v) is 5.03. The minimum Gasteiger partial charge on any atom is -0.324 e. The van der Waals surface area contributed by atoms with Gasteiger partial charge in [-0.05, 0) is 38.1 Å². The molecule has 1 aliphatic rings. The Morgan fingerprint density at radius 1 is 1.07 bits per heavy atom. The summed E-state index contributed by atoms with van der Waals surface area (Å²) in [5.41, 5.74) is 2.63. The number of thioether (sulfide) groups is 1. The summed E-state index contributed by atoms with van der Waals surface area (Å²) in [4.78, 5) is 27.3. The highest BCUT2D eigenvalue weighted by molar-refractivity contribution is 7.99. The molecule has 28 heavy (non-hydrogen) atoms. The van der Waals surface area contributed by atoms with Crippen LogP contribution in [0.1, 0.15) is 21.5 Å². The number of rotatable bonds is 4. The van der Waals surface area contributed by atoms with E-state index in [0.29, 0.717) is 17.3 Å². The highest BCUT2D eigenvalue weighted by Crippen LogP contribution is 2.27. The first-order chi connectivity index (χ1) is 13.2. The Morgan fingerprint density at radius 3 is 2.36 bits per heavy atom. The maximum Gasteiger partial charge on any atom is 0.256 e. The van der Waals surface area contributed by atoms with E-state index in [1.807, 2.05) is 31.2 Å². The number of carbonyl (C=O) groups excluding carboxylic acids is 2. The molecule has 0 bridgehead atoms. The SMILES string of the molecule is Cc1ccc(NC(=O)C2CSCN2C(=O)c2cc(C)ccc2S(C)(=O)=O)cc1. The zero-order valence-corrected chi connectivity index (χ0v) is 17.6. The predicted molar refractivity (Wildman–Crippen MR) is 111 cm³/mol. The minimum atomic E-state index is -3.57. The zero-order valence-electron chi connectivity index (χ0n) is 15.9. The predicted octanol–water partition coefficient (Wildman–Crippen LogP) is 2.86. The van der Waals surface area contributed by atoms with Gasteiger partial charge in [0.1, 0.15) is 6.04 Å². The number of benzene rings is 2. The van der Waals surface area contributed by atoms with Crippen molar-refractivity contribution in [2.45, 2.75) is 24.8 Å². The summed E-state index contributed by atoms with van der Waals surface area (Å²) in [6.07, 6.45) is 1.08. The lowest BCUT2D eigenvalue weighted by Crippen LogP contribution is -2.44. The second-order valence-corrected chi connectivity index (χ2v) is 9.90. The number of hydrogen-bond donors (Lipinski definition) is 1. The topological polar surface area (TPSA) is 83.6 Å². The van der Waals surface area contributed by atoms with Crippen LogP contribution < -0.4 is 5.32 Å². The fraction of sp³-hybridized carbons (Fsp3) is 0.300. The number of anilines is 1. The van der Waals surface area contributed by atoms with E-state index in [4.69, 9.17) is 0 Å². The van der Waals surface area contributed by atoms with Crippen LogP contribution in [-0.4, -0.2) is 49.1 Å². The summed E-state index contributed by atoms with van der Waals surface area (Å²) in [7, 11) is -3.57. The second kappa shape index (κ2) is 7.97. The highest BCUT2D eigenvalue weighted by Gasteiger charge is 2.36. The van der Waals surface area contributed by atoms with Gasteiger partial charge < -0.3 is 10.2 Å². The van der Waals surface area contributed by atoms with E-state index >= 15 is 0 Å². The molecule has 0 saturated carbocycles. The number of carbonyl (C=O) groups is 2. The first-order valence-electron chi connectivity index (χ1n) is 8.74. The van der Waals surface area contributed by atoms with E-state index in [0.717, 1.165) is 17.4 Å². The number of amides is 2. The molecule has 148 valence electrons. The molecule has 1 atom stereocenters.